The first-order chi connectivity index (χ1) is 12.0. The summed E-state index contributed by atoms with van der Waals surface area (Å²) < 4.78 is 14.9. The van der Waals surface area contributed by atoms with Crippen LogP contribution in [-0.2, 0) is 33.4 Å². The van der Waals surface area contributed by atoms with E-state index in [1.54, 1.807) is 34.6 Å². The molecule has 0 aliphatic heterocycles. The average molecular weight is 373 g/mol. The van der Waals surface area contributed by atoms with Gasteiger partial charge in [0.15, 0.2) is 6.10 Å². The van der Waals surface area contributed by atoms with Crippen molar-refractivity contribution < 1.29 is 33.4 Å². The van der Waals surface area contributed by atoms with Crippen LogP contribution >= 0.6 is 0 Å². The summed E-state index contributed by atoms with van der Waals surface area (Å²) in [4.78, 5) is 47.1. The monoisotopic (exact) mass is 373 g/mol. The van der Waals surface area contributed by atoms with Crippen molar-refractivity contribution in [2.24, 2.45) is 23.3 Å². The van der Waals surface area contributed by atoms with Crippen LogP contribution in [0.5, 0.6) is 0 Å². The molecule has 0 aliphatic carbocycles. The summed E-state index contributed by atoms with van der Waals surface area (Å²) in [5, 5.41) is 0. The summed E-state index contributed by atoms with van der Waals surface area (Å²) in [6, 6.07) is -1.96. The van der Waals surface area contributed by atoms with Gasteiger partial charge in [-0.15, -0.1) is 0 Å². The van der Waals surface area contributed by atoms with Crippen LogP contribution in [0, 0.1) is 11.8 Å². The Kier molecular flexibility index (Phi) is 10.7. The fourth-order valence-electron chi connectivity index (χ4n) is 1.75. The van der Waals surface area contributed by atoms with Gasteiger partial charge in [-0.2, -0.15) is 0 Å². The fourth-order valence-corrected chi connectivity index (χ4v) is 1.75. The van der Waals surface area contributed by atoms with Crippen LogP contribution in [0.15, 0.2) is 0 Å². The molecule has 0 aromatic carbocycles. The van der Waals surface area contributed by atoms with Crippen LogP contribution in [-0.4, -0.2) is 55.1 Å². The third-order valence-corrected chi connectivity index (χ3v) is 3.62. The molecule has 0 fully saturated rings. The molecule has 0 heterocycles. The lowest BCUT2D eigenvalue weighted by Gasteiger charge is -2.25. The predicted molar refractivity (Wildman–Crippen MR) is 92.3 cm³/mol. The maximum atomic E-state index is 12.1. The Morgan fingerprint density at radius 2 is 1.38 bits per heavy atom. The van der Waals surface area contributed by atoms with Crippen molar-refractivity contribution in [2.45, 2.75) is 65.3 Å². The molecule has 26 heavy (non-hydrogen) atoms. The second kappa shape index (κ2) is 11.6. The van der Waals surface area contributed by atoms with E-state index in [-0.39, 0.29) is 18.4 Å². The molecule has 0 aromatic rings. The Labute approximate surface area is 153 Å². The molecule has 4 N–H and O–H groups in total. The van der Waals surface area contributed by atoms with Crippen LogP contribution in [0.1, 0.15) is 41.0 Å². The van der Waals surface area contributed by atoms with Crippen LogP contribution in [0.2, 0.25) is 0 Å². The smallest absolute Gasteiger partial charge is 0.324 e. The lowest BCUT2D eigenvalue weighted by Crippen LogP contribution is -2.46. The van der Waals surface area contributed by atoms with E-state index < -0.39 is 48.6 Å². The maximum absolute atomic E-state index is 12.1. The Balaban J connectivity index is 5.31. The molecule has 0 rings (SSSR count). The summed E-state index contributed by atoms with van der Waals surface area (Å²) in [7, 11) is 0. The Morgan fingerprint density at radius 3 is 1.77 bits per heavy atom. The Hall–Kier alpha value is -2.00. The van der Waals surface area contributed by atoms with Gasteiger partial charge >= 0.3 is 17.9 Å². The molecule has 4 unspecified atom stereocenters. The second-order valence-corrected chi connectivity index (χ2v) is 6.50. The first kappa shape index (κ1) is 24.0. The standard InChI is InChI=1S/C17H29N2O7/c1-6-24-13(21)7-11(25-16(22)14(18)9(2)3)12(8-20)26-17(23)15(19)10(4)5/h9-12,14-15H,6-7,18-19H2,1-5H3. The van der Waals surface area contributed by atoms with Gasteiger partial charge < -0.3 is 25.7 Å². The van der Waals surface area contributed by atoms with Crippen molar-refractivity contribution in [3.8, 4) is 0 Å². The van der Waals surface area contributed by atoms with E-state index in [0.29, 0.717) is 0 Å². The van der Waals surface area contributed by atoms with Gasteiger partial charge in [0.25, 0.3) is 0 Å². The van der Waals surface area contributed by atoms with Crippen molar-refractivity contribution in [3.05, 3.63) is 0 Å². The third kappa shape index (κ3) is 7.92. The van der Waals surface area contributed by atoms with Gasteiger partial charge in [0, 0.05) is 0 Å². The molecule has 9 nitrogen and oxygen atoms in total. The van der Waals surface area contributed by atoms with Crippen LogP contribution in [0.25, 0.3) is 0 Å². The molecule has 9 heteroatoms. The van der Waals surface area contributed by atoms with E-state index in [2.05, 4.69) is 0 Å². The van der Waals surface area contributed by atoms with E-state index in [0.717, 1.165) is 0 Å². The molecule has 0 amide bonds. The highest BCUT2D eigenvalue weighted by atomic mass is 16.6. The molecule has 1 radical (unpaired) electrons. The third-order valence-electron chi connectivity index (χ3n) is 3.62. The van der Waals surface area contributed by atoms with E-state index >= 15 is 0 Å². The van der Waals surface area contributed by atoms with Crippen molar-refractivity contribution in [3.63, 3.8) is 0 Å². The van der Waals surface area contributed by atoms with Crippen LogP contribution in [0.3, 0.4) is 0 Å². The van der Waals surface area contributed by atoms with Gasteiger partial charge in [0.2, 0.25) is 12.4 Å². The average Bonchev–Trinajstić information content (AvgIpc) is 2.57. The van der Waals surface area contributed by atoms with Crippen LogP contribution < -0.4 is 11.5 Å². The normalized spacial score (nSPS) is 15.7. The highest BCUT2D eigenvalue weighted by Gasteiger charge is 2.35. The minimum atomic E-state index is -1.62. The number of rotatable bonds is 11. The van der Waals surface area contributed by atoms with Gasteiger partial charge in [-0.1, -0.05) is 27.7 Å². The van der Waals surface area contributed by atoms with E-state index in [1.807, 2.05) is 0 Å². The van der Waals surface area contributed by atoms with Crippen molar-refractivity contribution in [1.29, 1.82) is 0 Å². The number of ether oxygens (including phenoxy) is 3. The van der Waals surface area contributed by atoms with Gasteiger partial charge in [0.1, 0.15) is 12.1 Å². The molecule has 4 atom stereocenters. The number of carbonyl (C=O) groups is 3. The summed E-state index contributed by atoms with van der Waals surface area (Å²) in [6.07, 6.45) is -2.05. The largest absolute Gasteiger partial charge is 0.466 e. The quantitative estimate of drug-likeness (QED) is 0.372. The molecule has 0 aliphatic rings. The molecular weight excluding hydrogens is 344 g/mol. The predicted octanol–water partition coefficient (Wildman–Crippen LogP) is -0.160. The zero-order valence-electron chi connectivity index (χ0n) is 15.9. The first-order valence-corrected chi connectivity index (χ1v) is 8.50. The van der Waals surface area contributed by atoms with E-state index in [4.69, 9.17) is 25.7 Å². The fraction of sp³-hybridized carbons (Fsp3) is 0.765. The summed E-state index contributed by atoms with van der Waals surface area (Å²) in [5.41, 5.74) is 11.4. The summed E-state index contributed by atoms with van der Waals surface area (Å²) >= 11 is 0. The number of hydrogen-bond acceptors (Lipinski definition) is 9. The van der Waals surface area contributed by atoms with E-state index in [9.17, 15) is 19.2 Å². The summed E-state index contributed by atoms with van der Waals surface area (Å²) in [6.45, 7) is 8.50. The van der Waals surface area contributed by atoms with Crippen molar-refractivity contribution in [1.82, 2.24) is 0 Å². The highest BCUT2D eigenvalue weighted by molar-refractivity contribution is 5.80. The number of hydrogen-bond donors (Lipinski definition) is 2. The molecular formula is C17H29N2O7. The second-order valence-electron chi connectivity index (χ2n) is 6.50. The minimum Gasteiger partial charge on any atom is -0.466 e. The van der Waals surface area contributed by atoms with Gasteiger partial charge in [-0.3, -0.25) is 19.2 Å². The van der Waals surface area contributed by atoms with Crippen molar-refractivity contribution >= 4 is 24.2 Å². The lowest BCUT2D eigenvalue weighted by atomic mass is 10.0. The molecule has 0 aromatic heterocycles. The molecule has 0 saturated heterocycles. The minimum absolute atomic E-state index is 0.0957. The van der Waals surface area contributed by atoms with E-state index in [1.165, 1.54) is 6.29 Å². The SMILES string of the molecule is CCOC(=O)CC(OC(=O)C(N)C(C)C)C([C]=O)OC(=O)C(N)C(C)C. The number of nitrogens with two attached hydrogens (primary N) is 2. The molecule has 0 spiro atoms. The molecule has 149 valence electrons. The topological polar surface area (TPSA) is 148 Å². The van der Waals surface area contributed by atoms with Gasteiger partial charge in [0.05, 0.1) is 13.0 Å². The number of esters is 3. The van der Waals surface area contributed by atoms with Crippen LogP contribution in [0.4, 0.5) is 0 Å². The zero-order chi connectivity index (χ0) is 20.4. The highest BCUT2D eigenvalue weighted by Crippen LogP contribution is 2.14. The van der Waals surface area contributed by atoms with Gasteiger partial charge in [-0.05, 0) is 18.8 Å². The Bertz CT molecular complexity index is 494. The Morgan fingerprint density at radius 1 is 0.923 bits per heavy atom. The molecule has 0 saturated carbocycles. The number of carbonyl (C=O) groups excluding carboxylic acids is 4. The zero-order valence-corrected chi connectivity index (χ0v) is 15.9. The molecule has 0 bridgehead atoms. The maximum Gasteiger partial charge on any atom is 0.324 e. The van der Waals surface area contributed by atoms with Gasteiger partial charge in [-0.25, -0.2) is 0 Å². The lowest BCUT2D eigenvalue weighted by molar-refractivity contribution is -0.170. The first-order valence-electron chi connectivity index (χ1n) is 8.50. The van der Waals surface area contributed by atoms with Crippen molar-refractivity contribution in [2.75, 3.05) is 6.61 Å². The summed E-state index contributed by atoms with van der Waals surface area (Å²) in [5.74, 6) is -2.91.